The van der Waals surface area contributed by atoms with E-state index in [1.165, 1.54) is 26.1 Å². The summed E-state index contributed by atoms with van der Waals surface area (Å²) in [5, 5.41) is 9.67. The molecule has 2 heterocycles. The molecule has 1 aromatic carbocycles. The highest BCUT2D eigenvalue weighted by molar-refractivity contribution is 5.92. The Hall–Kier alpha value is -3.56. The summed E-state index contributed by atoms with van der Waals surface area (Å²) in [6, 6.07) is 7.19. The van der Waals surface area contributed by atoms with E-state index in [1.807, 2.05) is 29.2 Å². The van der Waals surface area contributed by atoms with Crippen molar-refractivity contribution in [2.75, 3.05) is 36.1 Å². The minimum Gasteiger partial charge on any atom is -0.490 e. The van der Waals surface area contributed by atoms with E-state index in [0.29, 0.717) is 29.8 Å². The molecule has 0 spiro atoms. The molecular weight excluding hydrogens is 398 g/mol. The highest BCUT2D eigenvalue weighted by Crippen LogP contribution is 2.26. The fourth-order valence-corrected chi connectivity index (χ4v) is 3.60. The van der Waals surface area contributed by atoms with Crippen LogP contribution in [0, 0.1) is 0 Å². The van der Waals surface area contributed by atoms with Crippen LogP contribution < -0.4 is 26.0 Å². The normalized spacial score (nSPS) is 18.6. The Balaban J connectivity index is 1.30. The molecule has 2 aliphatic rings. The fraction of sp³-hybridized carbons (Fsp3) is 0.429. The lowest BCUT2D eigenvalue weighted by Gasteiger charge is -2.26. The number of ether oxygens (including phenoxy) is 1. The molecule has 1 saturated carbocycles. The topological polar surface area (TPSA) is 127 Å². The smallest absolute Gasteiger partial charge is 0.319 e. The van der Waals surface area contributed by atoms with Crippen LogP contribution in [-0.4, -0.2) is 54.6 Å². The van der Waals surface area contributed by atoms with E-state index in [-0.39, 0.29) is 12.1 Å². The monoisotopic (exact) mass is 425 g/mol. The van der Waals surface area contributed by atoms with Crippen LogP contribution in [0.15, 0.2) is 35.7 Å². The molecule has 1 aliphatic carbocycles. The molecule has 4 N–H and O–H groups in total. The van der Waals surface area contributed by atoms with Crippen LogP contribution in [0.5, 0.6) is 5.75 Å². The van der Waals surface area contributed by atoms with Gasteiger partial charge < -0.3 is 30.8 Å². The zero-order valence-corrected chi connectivity index (χ0v) is 17.5. The number of carbonyl (C=O) groups is 1. The number of nitrogens with two attached hydrogens (primary N) is 1. The summed E-state index contributed by atoms with van der Waals surface area (Å²) >= 11 is 0. The second-order valence-electron chi connectivity index (χ2n) is 7.64. The summed E-state index contributed by atoms with van der Waals surface area (Å²) in [6.45, 7) is 1.33. The van der Waals surface area contributed by atoms with Crippen LogP contribution in [0.25, 0.3) is 0 Å². The first-order chi connectivity index (χ1) is 15.1. The summed E-state index contributed by atoms with van der Waals surface area (Å²) in [6.07, 6.45) is 7.49. The lowest BCUT2D eigenvalue weighted by Crippen LogP contribution is -2.40. The summed E-state index contributed by atoms with van der Waals surface area (Å²) < 4.78 is 5.84. The number of oxime groups is 1. The largest absolute Gasteiger partial charge is 0.490 e. The number of rotatable bonds is 7. The van der Waals surface area contributed by atoms with Crippen molar-refractivity contribution in [1.82, 2.24) is 15.3 Å². The van der Waals surface area contributed by atoms with Gasteiger partial charge in [0.15, 0.2) is 0 Å². The summed E-state index contributed by atoms with van der Waals surface area (Å²) in [5.41, 5.74) is 7.28. The lowest BCUT2D eigenvalue weighted by atomic mass is 9.96. The maximum absolute atomic E-state index is 12.4. The molecule has 2 aromatic rings. The molecule has 0 bridgehead atoms. The third-order valence-corrected chi connectivity index (χ3v) is 5.47. The molecular formula is C21H27N7O3. The van der Waals surface area contributed by atoms with Crippen LogP contribution in [-0.2, 0) is 4.84 Å². The average Bonchev–Trinajstić information content (AvgIpc) is 3.19. The summed E-state index contributed by atoms with van der Waals surface area (Å²) in [5.74, 6) is 1.82. The Morgan fingerprint density at radius 1 is 1.26 bits per heavy atom. The van der Waals surface area contributed by atoms with E-state index in [9.17, 15) is 4.79 Å². The first-order valence-electron chi connectivity index (χ1n) is 10.4. The standard InChI is InChI=1S/C21H27N7O3/c1-30-25-11-18-19(22)23-13-24-20(18)28-10-9-15(12-28)27-21(29)26-14-5-7-17(8-6-14)31-16-3-2-4-16/h5-8,11,13,15-16H,2-4,9-10,12H2,1H3,(H2,22,23,24)(H2,26,27,29). The minimum absolute atomic E-state index is 0.0235. The second kappa shape index (κ2) is 9.50. The Bertz CT molecular complexity index is 931. The van der Waals surface area contributed by atoms with E-state index >= 15 is 0 Å². The van der Waals surface area contributed by atoms with Gasteiger partial charge in [-0.25, -0.2) is 14.8 Å². The molecule has 4 rings (SSSR count). The van der Waals surface area contributed by atoms with E-state index < -0.39 is 0 Å². The van der Waals surface area contributed by atoms with Crippen molar-refractivity contribution in [1.29, 1.82) is 0 Å². The number of aromatic nitrogens is 2. The average molecular weight is 425 g/mol. The van der Waals surface area contributed by atoms with E-state index in [2.05, 4.69) is 25.8 Å². The number of amides is 2. The first-order valence-corrected chi connectivity index (χ1v) is 10.4. The highest BCUT2D eigenvalue weighted by Gasteiger charge is 2.27. The number of benzene rings is 1. The molecule has 2 fully saturated rings. The number of nitrogens with one attached hydrogen (secondary N) is 2. The van der Waals surface area contributed by atoms with Crippen LogP contribution in [0.4, 0.5) is 22.1 Å². The Morgan fingerprint density at radius 2 is 2.06 bits per heavy atom. The number of urea groups is 1. The lowest BCUT2D eigenvalue weighted by molar-refractivity contribution is 0.120. The van der Waals surface area contributed by atoms with E-state index in [1.54, 1.807) is 0 Å². The van der Waals surface area contributed by atoms with Gasteiger partial charge in [0.05, 0.1) is 17.9 Å². The second-order valence-corrected chi connectivity index (χ2v) is 7.64. The quantitative estimate of drug-likeness (QED) is 0.459. The maximum Gasteiger partial charge on any atom is 0.319 e. The number of hydrogen-bond donors (Lipinski definition) is 3. The predicted octanol–water partition coefficient (Wildman–Crippen LogP) is 2.37. The molecule has 0 radical (unpaired) electrons. The van der Waals surface area contributed by atoms with Gasteiger partial charge in [0.1, 0.15) is 30.8 Å². The van der Waals surface area contributed by atoms with E-state index in [4.69, 9.17) is 15.3 Å². The van der Waals surface area contributed by atoms with Crippen LogP contribution in [0.2, 0.25) is 0 Å². The van der Waals surface area contributed by atoms with Gasteiger partial charge in [-0.3, -0.25) is 0 Å². The Labute approximate surface area is 180 Å². The SMILES string of the molecule is CON=Cc1c(N)ncnc1N1CCC(NC(=O)Nc2ccc(OC3CCC3)cc2)C1. The van der Waals surface area contributed by atoms with Gasteiger partial charge in [-0.15, -0.1) is 0 Å². The highest BCUT2D eigenvalue weighted by atomic mass is 16.6. The van der Waals surface area contributed by atoms with Gasteiger partial charge in [-0.05, 0) is 49.9 Å². The van der Waals surface area contributed by atoms with Crippen molar-refractivity contribution in [3.63, 3.8) is 0 Å². The number of nitrogen functional groups attached to an aromatic ring is 1. The first kappa shape index (κ1) is 20.7. The molecule has 10 heteroatoms. The van der Waals surface area contributed by atoms with E-state index in [0.717, 1.165) is 37.2 Å². The van der Waals surface area contributed by atoms with Gasteiger partial charge >= 0.3 is 6.03 Å². The molecule has 1 atom stereocenters. The van der Waals surface area contributed by atoms with Crippen molar-refractivity contribution < 1.29 is 14.4 Å². The third kappa shape index (κ3) is 5.14. The number of anilines is 3. The zero-order valence-electron chi connectivity index (χ0n) is 17.5. The molecule has 1 unspecified atom stereocenters. The molecule has 2 amide bonds. The number of nitrogens with zero attached hydrogens (tertiary/aromatic N) is 4. The van der Waals surface area contributed by atoms with Crippen LogP contribution in [0.1, 0.15) is 31.2 Å². The minimum atomic E-state index is -0.247. The molecule has 1 saturated heterocycles. The van der Waals surface area contributed by atoms with Crippen LogP contribution >= 0.6 is 0 Å². The summed E-state index contributed by atoms with van der Waals surface area (Å²) in [4.78, 5) is 27.6. The van der Waals surface area contributed by atoms with Crippen molar-refractivity contribution in [2.45, 2.75) is 37.8 Å². The van der Waals surface area contributed by atoms with Gasteiger partial charge in [-0.1, -0.05) is 5.16 Å². The van der Waals surface area contributed by atoms with Crippen molar-refractivity contribution in [3.8, 4) is 5.75 Å². The van der Waals surface area contributed by atoms with Gasteiger partial charge in [0.25, 0.3) is 0 Å². The molecule has 1 aromatic heterocycles. The molecule has 31 heavy (non-hydrogen) atoms. The molecule has 10 nitrogen and oxygen atoms in total. The van der Waals surface area contributed by atoms with Crippen LogP contribution in [0.3, 0.4) is 0 Å². The summed E-state index contributed by atoms with van der Waals surface area (Å²) in [7, 11) is 1.46. The van der Waals surface area contributed by atoms with Gasteiger partial charge in [-0.2, -0.15) is 0 Å². The zero-order chi connectivity index (χ0) is 21.6. The number of hydrogen-bond acceptors (Lipinski definition) is 8. The van der Waals surface area contributed by atoms with Crippen molar-refractivity contribution >= 4 is 29.6 Å². The van der Waals surface area contributed by atoms with Crippen molar-refractivity contribution in [3.05, 3.63) is 36.2 Å². The molecule has 164 valence electrons. The van der Waals surface area contributed by atoms with Crippen molar-refractivity contribution in [2.24, 2.45) is 5.16 Å². The molecule has 1 aliphatic heterocycles. The third-order valence-electron chi connectivity index (χ3n) is 5.47. The van der Waals surface area contributed by atoms with Gasteiger partial charge in [0, 0.05) is 24.8 Å². The maximum atomic E-state index is 12.4. The Morgan fingerprint density at radius 3 is 2.77 bits per heavy atom. The fourth-order valence-electron chi connectivity index (χ4n) is 3.60. The van der Waals surface area contributed by atoms with Gasteiger partial charge in [0.2, 0.25) is 0 Å². The number of carbonyl (C=O) groups excluding carboxylic acids is 1. The Kier molecular flexibility index (Phi) is 6.34. The predicted molar refractivity (Wildman–Crippen MR) is 119 cm³/mol.